The Kier molecular flexibility index (Phi) is 7.02. The molecule has 26 heavy (non-hydrogen) atoms. The first-order valence-electron chi connectivity index (χ1n) is 9.08. The van der Waals surface area contributed by atoms with E-state index in [0.29, 0.717) is 18.8 Å². The summed E-state index contributed by atoms with van der Waals surface area (Å²) in [7, 11) is -2.18. The number of hydrogen-bond donors (Lipinski definition) is 2. The lowest BCUT2D eigenvalue weighted by molar-refractivity contribution is 0.0922. The molecule has 1 aliphatic rings. The first-order chi connectivity index (χ1) is 12.3. The van der Waals surface area contributed by atoms with Crippen LogP contribution in [0.4, 0.5) is 0 Å². The van der Waals surface area contributed by atoms with Gasteiger partial charge in [0.25, 0.3) is 5.91 Å². The second-order valence-corrected chi connectivity index (χ2v) is 8.47. The maximum Gasteiger partial charge on any atom is 0.255 e. The molecular weight excluding hydrogens is 354 g/mol. The van der Waals surface area contributed by atoms with E-state index in [2.05, 4.69) is 5.32 Å². The van der Waals surface area contributed by atoms with E-state index >= 15 is 0 Å². The third-order valence-corrected chi connectivity index (χ3v) is 6.91. The molecule has 0 spiro atoms. The molecule has 7 nitrogen and oxygen atoms in total. The number of rotatable bonds is 7. The van der Waals surface area contributed by atoms with Crippen LogP contribution < -0.4 is 15.8 Å². The molecule has 3 N–H and O–H groups in total. The normalized spacial score (nSPS) is 20.8. The first-order valence-corrected chi connectivity index (χ1v) is 10.5. The van der Waals surface area contributed by atoms with Crippen molar-refractivity contribution in [3.63, 3.8) is 0 Å². The molecule has 1 saturated carbocycles. The topological polar surface area (TPSA) is 102 Å². The van der Waals surface area contributed by atoms with Crippen molar-refractivity contribution in [2.45, 2.75) is 56.5 Å². The number of methoxy groups -OCH3 is 1. The highest BCUT2D eigenvalue weighted by Gasteiger charge is 2.26. The number of nitrogens with two attached hydrogens (primary N) is 1. The number of amides is 1. The summed E-state index contributed by atoms with van der Waals surface area (Å²) >= 11 is 0. The maximum absolute atomic E-state index is 12.7. The molecule has 2 rings (SSSR count). The van der Waals surface area contributed by atoms with Crippen LogP contribution in [0.15, 0.2) is 23.1 Å². The molecule has 0 aromatic heterocycles. The van der Waals surface area contributed by atoms with Crippen molar-refractivity contribution in [3.05, 3.63) is 23.8 Å². The van der Waals surface area contributed by atoms with Crippen LogP contribution >= 0.6 is 0 Å². The SMILES string of the molecule is CCN(CC)S(=O)(=O)c1ccc(OC)c(C(=O)NC2CCC(N)CC2)c1. The molecule has 1 aromatic carbocycles. The molecule has 0 heterocycles. The number of nitrogens with zero attached hydrogens (tertiary/aromatic N) is 1. The quantitative estimate of drug-likeness (QED) is 0.746. The van der Waals surface area contributed by atoms with Crippen molar-refractivity contribution in [1.29, 1.82) is 0 Å². The molecule has 0 radical (unpaired) electrons. The molecule has 0 unspecified atom stereocenters. The molecule has 0 bridgehead atoms. The molecule has 8 heteroatoms. The maximum atomic E-state index is 12.7. The Bertz CT molecular complexity index is 724. The van der Waals surface area contributed by atoms with E-state index in [0.717, 1.165) is 25.7 Å². The highest BCUT2D eigenvalue weighted by molar-refractivity contribution is 7.89. The van der Waals surface area contributed by atoms with Gasteiger partial charge in [-0.2, -0.15) is 4.31 Å². The largest absolute Gasteiger partial charge is 0.496 e. The zero-order valence-electron chi connectivity index (χ0n) is 15.7. The van der Waals surface area contributed by atoms with Crippen LogP contribution in [0.1, 0.15) is 49.9 Å². The predicted octanol–water partition coefficient (Wildman–Crippen LogP) is 1.73. The van der Waals surface area contributed by atoms with Gasteiger partial charge in [-0.05, 0) is 43.9 Å². The van der Waals surface area contributed by atoms with Crippen molar-refractivity contribution in [2.24, 2.45) is 5.73 Å². The minimum atomic E-state index is -3.64. The van der Waals surface area contributed by atoms with Crippen LogP contribution in [-0.4, -0.2) is 50.9 Å². The Hall–Kier alpha value is -1.64. The van der Waals surface area contributed by atoms with Gasteiger partial charge in [0.1, 0.15) is 5.75 Å². The number of ether oxygens (including phenoxy) is 1. The molecule has 1 aromatic rings. The minimum absolute atomic E-state index is 0.0510. The first kappa shape index (κ1) is 20.7. The van der Waals surface area contributed by atoms with Gasteiger partial charge in [0, 0.05) is 25.2 Å². The van der Waals surface area contributed by atoms with E-state index in [1.165, 1.54) is 29.6 Å². The molecule has 1 aliphatic carbocycles. The van der Waals surface area contributed by atoms with Gasteiger partial charge >= 0.3 is 0 Å². The van der Waals surface area contributed by atoms with E-state index in [9.17, 15) is 13.2 Å². The van der Waals surface area contributed by atoms with Crippen LogP contribution in [0.5, 0.6) is 5.75 Å². The Morgan fingerprint density at radius 3 is 2.38 bits per heavy atom. The number of benzene rings is 1. The van der Waals surface area contributed by atoms with Gasteiger partial charge in [0.15, 0.2) is 0 Å². The third-order valence-electron chi connectivity index (χ3n) is 4.87. The Labute approximate surface area is 155 Å². The number of sulfonamides is 1. The average Bonchev–Trinajstić information content (AvgIpc) is 2.63. The van der Waals surface area contributed by atoms with Gasteiger partial charge in [-0.3, -0.25) is 4.79 Å². The van der Waals surface area contributed by atoms with Crippen molar-refractivity contribution >= 4 is 15.9 Å². The van der Waals surface area contributed by atoms with E-state index < -0.39 is 10.0 Å². The van der Waals surface area contributed by atoms with E-state index in [1.54, 1.807) is 13.8 Å². The van der Waals surface area contributed by atoms with Crippen molar-refractivity contribution in [2.75, 3.05) is 20.2 Å². The predicted molar refractivity (Wildman–Crippen MR) is 101 cm³/mol. The van der Waals surface area contributed by atoms with Gasteiger partial charge in [0.05, 0.1) is 17.6 Å². The number of carbonyl (C=O) groups excluding carboxylic acids is 1. The summed E-state index contributed by atoms with van der Waals surface area (Å²) in [5.41, 5.74) is 6.13. The lowest BCUT2D eigenvalue weighted by Gasteiger charge is -2.27. The molecule has 146 valence electrons. The number of carbonyl (C=O) groups is 1. The van der Waals surface area contributed by atoms with Crippen LogP contribution in [0.2, 0.25) is 0 Å². The second kappa shape index (κ2) is 8.83. The summed E-state index contributed by atoms with van der Waals surface area (Å²) in [6, 6.07) is 4.65. The lowest BCUT2D eigenvalue weighted by Crippen LogP contribution is -2.40. The summed E-state index contributed by atoms with van der Waals surface area (Å²) in [4.78, 5) is 12.8. The van der Waals surface area contributed by atoms with Crippen molar-refractivity contribution < 1.29 is 17.9 Å². The van der Waals surface area contributed by atoms with Gasteiger partial charge in [-0.15, -0.1) is 0 Å². The van der Waals surface area contributed by atoms with Gasteiger partial charge < -0.3 is 15.8 Å². The molecule has 1 fully saturated rings. The highest BCUT2D eigenvalue weighted by Crippen LogP contribution is 2.25. The van der Waals surface area contributed by atoms with Crippen molar-refractivity contribution in [3.8, 4) is 5.75 Å². The summed E-state index contributed by atoms with van der Waals surface area (Å²) < 4.78 is 32.1. The minimum Gasteiger partial charge on any atom is -0.496 e. The summed E-state index contributed by atoms with van der Waals surface area (Å²) in [6.07, 6.45) is 3.40. The zero-order chi connectivity index (χ0) is 19.3. The highest BCUT2D eigenvalue weighted by atomic mass is 32.2. The fraction of sp³-hybridized carbons (Fsp3) is 0.611. The van der Waals surface area contributed by atoms with Crippen LogP contribution in [-0.2, 0) is 10.0 Å². The van der Waals surface area contributed by atoms with Gasteiger partial charge in [-0.1, -0.05) is 13.8 Å². The van der Waals surface area contributed by atoms with Crippen LogP contribution in [0, 0.1) is 0 Å². The Morgan fingerprint density at radius 1 is 1.23 bits per heavy atom. The van der Waals surface area contributed by atoms with E-state index in [1.807, 2.05) is 0 Å². The van der Waals surface area contributed by atoms with Crippen molar-refractivity contribution in [1.82, 2.24) is 9.62 Å². The summed E-state index contributed by atoms with van der Waals surface area (Å²) in [5.74, 6) is 0.0347. The Morgan fingerprint density at radius 2 is 1.85 bits per heavy atom. The number of hydrogen-bond acceptors (Lipinski definition) is 5. The molecule has 0 aliphatic heterocycles. The van der Waals surface area contributed by atoms with Crippen LogP contribution in [0.3, 0.4) is 0 Å². The summed E-state index contributed by atoms with van der Waals surface area (Å²) in [5, 5.41) is 2.98. The molecular formula is C18H29N3O4S. The Balaban J connectivity index is 2.28. The van der Waals surface area contributed by atoms with E-state index in [-0.39, 0.29) is 28.4 Å². The summed E-state index contributed by atoms with van der Waals surface area (Å²) in [6.45, 7) is 4.31. The third kappa shape index (κ3) is 4.55. The average molecular weight is 384 g/mol. The van der Waals surface area contributed by atoms with Gasteiger partial charge in [0.2, 0.25) is 10.0 Å². The molecule has 0 saturated heterocycles. The number of nitrogens with one attached hydrogen (secondary N) is 1. The van der Waals surface area contributed by atoms with Crippen LogP contribution in [0.25, 0.3) is 0 Å². The van der Waals surface area contributed by atoms with Gasteiger partial charge in [-0.25, -0.2) is 8.42 Å². The lowest BCUT2D eigenvalue weighted by atomic mass is 9.91. The van der Waals surface area contributed by atoms with E-state index in [4.69, 9.17) is 10.5 Å². The fourth-order valence-electron chi connectivity index (χ4n) is 3.26. The molecule has 1 amide bonds. The standard InChI is InChI=1S/C18H29N3O4S/c1-4-21(5-2)26(23,24)15-10-11-17(25-3)16(12-15)18(22)20-14-8-6-13(19)7-9-14/h10-14H,4-9,19H2,1-3H3,(H,20,22). The molecule has 0 atom stereocenters. The second-order valence-electron chi connectivity index (χ2n) is 6.54. The zero-order valence-corrected chi connectivity index (χ0v) is 16.5. The monoisotopic (exact) mass is 383 g/mol. The fourth-order valence-corrected chi connectivity index (χ4v) is 4.75. The smallest absolute Gasteiger partial charge is 0.255 e.